The molecule has 0 aliphatic carbocycles. The van der Waals surface area contributed by atoms with E-state index in [0.717, 1.165) is 22.4 Å². The van der Waals surface area contributed by atoms with Gasteiger partial charge in [-0.3, -0.25) is 0 Å². The Hall–Kier alpha value is -2.87. The van der Waals surface area contributed by atoms with Crippen LogP contribution in [0.1, 0.15) is 11.1 Å². The van der Waals surface area contributed by atoms with E-state index >= 15 is 0 Å². The topological polar surface area (TPSA) is 47.2 Å². The predicted molar refractivity (Wildman–Crippen MR) is 87.7 cm³/mol. The Morgan fingerprint density at radius 1 is 1.00 bits per heavy atom. The monoisotopic (exact) mass is 304 g/mol. The number of hydrogen-bond acceptors (Lipinski definition) is 3. The second-order valence-corrected chi connectivity index (χ2v) is 5.07. The molecule has 0 unspecified atom stereocenters. The number of benzene rings is 2. The van der Waals surface area contributed by atoms with Crippen molar-refractivity contribution >= 4 is 0 Å². The van der Waals surface area contributed by atoms with E-state index in [1.807, 2.05) is 71.6 Å². The summed E-state index contributed by atoms with van der Waals surface area (Å²) in [6.07, 6.45) is 3.83. The zero-order valence-corrected chi connectivity index (χ0v) is 12.8. The molecule has 0 amide bonds. The zero-order valence-electron chi connectivity index (χ0n) is 12.8. The third-order valence-electron chi connectivity index (χ3n) is 3.61. The SMILES string of the molecule is COOCc1ccc(-n2cc(C#N)c(-c3ccccc3)c2)cc1. The minimum atomic E-state index is 0.404. The Morgan fingerprint density at radius 2 is 1.74 bits per heavy atom. The average Bonchev–Trinajstić information content (AvgIpc) is 3.05. The van der Waals surface area contributed by atoms with Gasteiger partial charge in [-0.2, -0.15) is 5.26 Å². The molecule has 0 atom stereocenters. The number of nitrogens with zero attached hydrogens (tertiary/aromatic N) is 2. The standard InChI is InChI=1S/C19H16N2O2/c1-22-23-14-15-7-9-18(10-8-15)21-12-17(11-20)19(13-21)16-5-3-2-4-6-16/h2-10,12-13H,14H2,1H3. The van der Waals surface area contributed by atoms with Crippen LogP contribution < -0.4 is 0 Å². The van der Waals surface area contributed by atoms with Crippen LogP contribution in [0.4, 0.5) is 0 Å². The minimum Gasteiger partial charge on any atom is -0.322 e. The van der Waals surface area contributed by atoms with Crippen molar-refractivity contribution in [3.63, 3.8) is 0 Å². The summed E-state index contributed by atoms with van der Waals surface area (Å²) in [6, 6.07) is 20.1. The molecule has 0 radical (unpaired) electrons. The van der Waals surface area contributed by atoms with E-state index < -0.39 is 0 Å². The van der Waals surface area contributed by atoms with E-state index in [0.29, 0.717) is 12.2 Å². The van der Waals surface area contributed by atoms with E-state index in [1.54, 1.807) is 0 Å². The van der Waals surface area contributed by atoms with Gasteiger partial charge in [-0.25, -0.2) is 9.78 Å². The van der Waals surface area contributed by atoms with Crippen LogP contribution in [0.2, 0.25) is 0 Å². The van der Waals surface area contributed by atoms with E-state index in [4.69, 9.17) is 4.89 Å². The first-order valence-corrected chi connectivity index (χ1v) is 7.24. The van der Waals surface area contributed by atoms with Crippen LogP contribution in [0.25, 0.3) is 16.8 Å². The van der Waals surface area contributed by atoms with E-state index in [2.05, 4.69) is 11.0 Å². The summed E-state index contributed by atoms with van der Waals surface area (Å²) in [5.74, 6) is 0. The van der Waals surface area contributed by atoms with E-state index in [1.165, 1.54) is 7.11 Å². The quantitative estimate of drug-likeness (QED) is 0.527. The van der Waals surface area contributed by atoms with Crippen LogP contribution >= 0.6 is 0 Å². The largest absolute Gasteiger partial charge is 0.322 e. The molecule has 3 rings (SSSR count). The molecule has 1 heterocycles. The molecule has 3 aromatic rings. The summed E-state index contributed by atoms with van der Waals surface area (Å²) in [5.41, 5.74) is 4.63. The van der Waals surface area contributed by atoms with Gasteiger partial charge in [0.15, 0.2) is 0 Å². The number of hydrogen-bond donors (Lipinski definition) is 0. The van der Waals surface area contributed by atoms with E-state index in [9.17, 15) is 5.26 Å². The Morgan fingerprint density at radius 3 is 2.39 bits per heavy atom. The molecule has 0 N–H and O–H groups in total. The lowest BCUT2D eigenvalue weighted by Gasteiger charge is -2.05. The molecule has 1 aromatic heterocycles. The molecule has 0 fully saturated rings. The molecule has 0 spiro atoms. The molecule has 4 nitrogen and oxygen atoms in total. The summed E-state index contributed by atoms with van der Waals surface area (Å²) in [4.78, 5) is 9.52. The summed E-state index contributed by atoms with van der Waals surface area (Å²) in [5, 5.41) is 9.39. The maximum absolute atomic E-state index is 9.39. The highest BCUT2D eigenvalue weighted by atomic mass is 17.2. The lowest BCUT2D eigenvalue weighted by molar-refractivity contribution is -0.282. The molecule has 0 aliphatic heterocycles. The maximum atomic E-state index is 9.39. The molecule has 2 aromatic carbocycles. The summed E-state index contributed by atoms with van der Waals surface area (Å²) in [7, 11) is 1.49. The smallest absolute Gasteiger partial charge is 0.107 e. The molecule has 0 saturated heterocycles. The second-order valence-electron chi connectivity index (χ2n) is 5.07. The van der Waals surface area contributed by atoms with Crippen LogP contribution in [-0.2, 0) is 16.4 Å². The fourth-order valence-corrected chi connectivity index (χ4v) is 2.43. The first kappa shape index (κ1) is 15.0. The Bertz CT molecular complexity index is 815. The lowest BCUT2D eigenvalue weighted by atomic mass is 10.1. The van der Waals surface area contributed by atoms with Crippen molar-refractivity contribution in [3.8, 4) is 22.9 Å². The third-order valence-corrected chi connectivity index (χ3v) is 3.61. The van der Waals surface area contributed by atoms with Crippen molar-refractivity contribution in [2.45, 2.75) is 6.61 Å². The molecule has 0 saturated carbocycles. The lowest BCUT2D eigenvalue weighted by Crippen LogP contribution is -1.93. The van der Waals surface area contributed by atoms with Crippen molar-refractivity contribution in [2.24, 2.45) is 0 Å². The van der Waals surface area contributed by atoms with Gasteiger partial charge in [-0.05, 0) is 23.3 Å². The molecular formula is C19H16N2O2. The Balaban J connectivity index is 1.92. The molecule has 4 heteroatoms. The van der Waals surface area contributed by atoms with Crippen molar-refractivity contribution in [1.82, 2.24) is 4.57 Å². The third kappa shape index (κ3) is 3.32. The number of aromatic nitrogens is 1. The van der Waals surface area contributed by atoms with Crippen molar-refractivity contribution < 1.29 is 9.78 Å². The Labute approximate surface area is 135 Å². The molecule has 114 valence electrons. The van der Waals surface area contributed by atoms with Gasteiger partial charge in [0.1, 0.15) is 12.7 Å². The van der Waals surface area contributed by atoms with Gasteiger partial charge in [0.2, 0.25) is 0 Å². The van der Waals surface area contributed by atoms with Gasteiger partial charge >= 0.3 is 0 Å². The van der Waals surface area contributed by atoms with Crippen LogP contribution in [-0.4, -0.2) is 11.7 Å². The molecule has 0 aliphatic rings. The number of rotatable bonds is 5. The summed E-state index contributed by atoms with van der Waals surface area (Å²) >= 11 is 0. The molecular weight excluding hydrogens is 288 g/mol. The van der Waals surface area contributed by atoms with Gasteiger partial charge in [-0.1, -0.05) is 42.5 Å². The first-order chi connectivity index (χ1) is 11.3. The van der Waals surface area contributed by atoms with Gasteiger partial charge in [-0.15, -0.1) is 0 Å². The highest BCUT2D eigenvalue weighted by Crippen LogP contribution is 2.26. The van der Waals surface area contributed by atoms with Crippen LogP contribution in [0.5, 0.6) is 0 Å². The van der Waals surface area contributed by atoms with Crippen LogP contribution in [0.15, 0.2) is 67.0 Å². The van der Waals surface area contributed by atoms with Crippen molar-refractivity contribution in [2.75, 3.05) is 7.11 Å². The fraction of sp³-hybridized carbons (Fsp3) is 0.105. The van der Waals surface area contributed by atoms with Crippen LogP contribution in [0.3, 0.4) is 0 Å². The summed E-state index contributed by atoms with van der Waals surface area (Å²) in [6.45, 7) is 0.404. The first-order valence-electron chi connectivity index (χ1n) is 7.24. The van der Waals surface area contributed by atoms with Crippen molar-refractivity contribution in [1.29, 1.82) is 5.26 Å². The summed E-state index contributed by atoms with van der Waals surface area (Å²) < 4.78 is 1.96. The Kier molecular flexibility index (Phi) is 4.53. The van der Waals surface area contributed by atoms with Crippen LogP contribution in [0, 0.1) is 11.3 Å². The number of nitriles is 1. The van der Waals surface area contributed by atoms with Gasteiger partial charge in [0.25, 0.3) is 0 Å². The highest BCUT2D eigenvalue weighted by Gasteiger charge is 2.09. The predicted octanol–water partition coefficient (Wildman–Crippen LogP) is 4.09. The van der Waals surface area contributed by atoms with Crippen molar-refractivity contribution in [3.05, 3.63) is 78.1 Å². The zero-order chi connectivity index (χ0) is 16.1. The second kappa shape index (κ2) is 6.93. The van der Waals surface area contributed by atoms with Gasteiger partial charge in [0.05, 0.1) is 12.7 Å². The average molecular weight is 304 g/mol. The van der Waals surface area contributed by atoms with E-state index in [-0.39, 0.29) is 0 Å². The highest BCUT2D eigenvalue weighted by molar-refractivity contribution is 5.70. The van der Waals surface area contributed by atoms with Gasteiger partial charge in [0, 0.05) is 23.6 Å². The maximum Gasteiger partial charge on any atom is 0.107 e. The minimum absolute atomic E-state index is 0.404. The van der Waals surface area contributed by atoms with Gasteiger partial charge < -0.3 is 4.57 Å². The molecule has 23 heavy (non-hydrogen) atoms. The molecule has 0 bridgehead atoms. The fourth-order valence-electron chi connectivity index (χ4n) is 2.43. The normalized spacial score (nSPS) is 10.4.